The molecule has 0 spiro atoms. The summed E-state index contributed by atoms with van der Waals surface area (Å²) < 4.78 is 11.1. The Hall–Kier alpha value is -4.25. The van der Waals surface area contributed by atoms with E-state index in [4.69, 9.17) is 9.15 Å². The van der Waals surface area contributed by atoms with Crippen LogP contribution in [0.5, 0.6) is 5.75 Å². The second-order valence-corrected chi connectivity index (χ2v) is 6.32. The lowest BCUT2D eigenvalue weighted by atomic mass is 10.1. The number of fused-ring (bicyclic) bond motifs is 1. The zero-order chi connectivity index (χ0) is 20.4. The third-order valence-corrected chi connectivity index (χ3v) is 4.55. The number of nitriles is 1. The van der Waals surface area contributed by atoms with E-state index in [1.54, 1.807) is 18.2 Å². The number of benzene rings is 2. The molecule has 2 N–H and O–H groups in total. The summed E-state index contributed by atoms with van der Waals surface area (Å²) in [6.45, 7) is 0. The van der Waals surface area contributed by atoms with Crippen molar-refractivity contribution in [3.63, 3.8) is 0 Å². The molecule has 0 atom stereocenters. The maximum Gasteiger partial charge on any atom is 0.270 e. The zero-order valence-electron chi connectivity index (χ0n) is 15.4. The molecule has 0 bridgehead atoms. The molecular formula is C21H16N4O4. The lowest BCUT2D eigenvalue weighted by Gasteiger charge is -2.10. The molecule has 0 amide bonds. The number of para-hydroxylation sites is 2. The Morgan fingerprint density at radius 2 is 1.93 bits per heavy atom. The highest BCUT2D eigenvalue weighted by Gasteiger charge is 2.23. The molecule has 0 radical (unpaired) electrons. The Kier molecular flexibility index (Phi) is 4.63. The van der Waals surface area contributed by atoms with Gasteiger partial charge >= 0.3 is 0 Å². The average molecular weight is 388 g/mol. The molecule has 4 rings (SSSR count). The van der Waals surface area contributed by atoms with Gasteiger partial charge in [-0.3, -0.25) is 10.1 Å². The fraction of sp³-hybridized carbons (Fsp3) is 0.0952. The lowest BCUT2D eigenvalue weighted by molar-refractivity contribution is -0.384. The van der Waals surface area contributed by atoms with Crippen molar-refractivity contribution in [1.29, 1.82) is 5.26 Å². The summed E-state index contributed by atoms with van der Waals surface area (Å²) in [5.74, 6) is 1.31. The van der Waals surface area contributed by atoms with E-state index in [9.17, 15) is 15.4 Å². The van der Waals surface area contributed by atoms with E-state index in [2.05, 4.69) is 16.7 Å². The van der Waals surface area contributed by atoms with E-state index in [1.165, 1.54) is 25.3 Å². The van der Waals surface area contributed by atoms with Gasteiger partial charge in [0, 0.05) is 12.1 Å². The first-order valence-electron chi connectivity index (χ1n) is 8.75. The number of nitrogens with zero attached hydrogens (tertiary/aromatic N) is 2. The van der Waals surface area contributed by atoms with Crippen LogP contribution in [0.25, 0.3) is 17.4 Å². The first kappa shape index (κ1) is 18.1. The number of rotatable bonds is 5. The Morgan fingerprint density at radius 1 is 1.21 bits per heavy atom. The average Bonchev–Trinajstić information content (AvgIpc) is 3.38. The molecule has 0 aliphatic carbocycles. The molecule has 144 valence electrons. The highest BCUT2D eigenvalue weighted by atomic mass is 16.6. The number of non-ortho nitro benzene ring substituents is 1. The molecule has 8 nitrogen and oxygen atoms in total. The van der Waals surface area contributed by atoms with Crippen LogP contribution in [-0.4, -0.2) is 18.2 Å². The van der Waals surface area contributed by atoms with Gasteiger partial charge in [-0.05, 0) is 36.4 Å². The van der Waals surface area contributed by atoms with Gasteiger partial charge in [-0.2, -0.15) is 5.26 Å². The van der Waals surface area contributed by atoms with Crippen molar-refractivity contribution in [1.82, 2.24) is 0 Å². The smallest absolute Gasteiger partial charge is 0.270 e. The Bertz CT molecular complexity index is 1130. The van der Waals surface area contributed by atoms with Crippen LogP contribution in [0, 0.1) is 21.4 Å². The fourth-order valence-corrected chi connectivity index (χ4v) is 3.15. The first-order chi connectivity index (χ1) is 14.1. The molecule has 2 heterocycles. The minimum absolute atomic E-state index is 0.0656. The molecule has 29 heavy (non-hydrogen) atoms. The second-order valence-electron chi connectivity index (χ2n) is 6.32. The van der Waals surface area contributed by atoms with Crippen molar-refractivity contribution < 1.29 is 14.1 Å². The summed E-state index contributed by atoms with van der Waals surface area (Å²) in [6, 6.07) is 17.5. The lowest BCUT2D eigenvalue weighted by Crippen LogP contribution is -2.23. The van der Waals surface area contributed by atoms with Gasteiger partial charge in [0.1, 0.15) is 23.4 Å². The maximum atomic E-state index is 11.1. The van der Waals surface area contributed by atoms with Crippen LogP contribution in [0.1, 0.15) is 5.76 Å². The van der Waals surface area contributed by atoms with Crippen molar-refractivity contribution in [2.24, 2.45) is 0 Å². The first-order valence-corrected chi connectivity index (χ1v) is 8.75. The molecule has 8 heteroatoms. The Labute approximate surface area is 166 Å². The molecule has 0 fully saturated rings. The SMILES string of the molecule is COc1ccc([N+](=O)[O-])cc1-c1ccc(C=C(C#N)C2Nc3ccccc3N2)o1. The molecule has 1 aromatic heterocycles. The van der Waals surface area contributed by atoms with Crippen LogP contribution < -0.4 is 15.4 Å². The molecule has 1 aliphatic rings. The molecule has 0 saturated heterocycles. The number of anilines is 2. The number of nitro benzene ring substituents is 1. The minimum Gasteiger partial charge on any atom is -0.496 e. The van der Waals surface area contributed by atoms with E-state index in [0.717, 1.165) is 11.4 Å². The fourth-order valence-electron chi connectivity index (χ4n) is 3.15. The number of furan rings is 1. The number of methoxy groups -OCH3 is 1. The van der Waals surface area contributed by atoms with Gasteiger partial charge in [0.2, 0.25) is 0 Å². The maximum absolute atomic E-state index is 11.1. The summed E-state index contributed by atoms with van der Waals surface area (Å²) >= 11 is 0. The number of hydrogen-bond acceptors (Lipinski definition) is 7. The zero-order valence-corrected chi connectivity index (χ0v) is 15.4. The van der Waals surface area contributed by atoms with Crippen LogP contribution in [0.2, 0.25) is 0 Å². The van der Waals surface area contributed by atoms with Crippen LogP contribution in [-0.2, 0) is 0 Å². The standard InChI is InChI=1S/C21H16N4O4/c1-28-19-8-6-14(25(26)27)11-16(19)20-9-7-15(29-20)10-13(12-22)21-23-17-4-2-3-5-18(17)24-21/h2-11,21,23-24H,1H3. The normalized spacial score (nSPS) is 13.2. The number of nitrogens with one attached hydrogen (secondary N) is 2. The number of hydrogen-bond donors (Lipinski definition) is 2. The van der Waals surface area contributed by atoms with E-state index in [0.29, 0.717) is 28.4 Å². The molecule has 1 aliphatic heterocycles. The van der Waals surface area contributed by atoms with Crippen LogP contribution >= 0.6 is 0 Å². The summed E-state index contributed by atoms with van der Waals surface area (Å²) in [6.07, 6.45) is 1.25. The summed E-state index contributed by atoms with van der Waals surface area (Å²) in [5.41, 5.74) is 2.67. The van der Waals surface area contributed by atoms with Crippen LogP contribution in [0.15, 0.2) is 64.6 Å². The third kappa shape index (κ3) is 3.49. The highest BCUT2D eigenvalue weighted by Crippen LogP contribution is 2.35. The van der Waals surface area contributed by atoms with Crippen LogP contribution in [0.4, 0.5) is 17.1 Å². The largest absolute Gasteiger partial charge is 0.496 e. The van der Waals surface area contributed by atoms with Crippen molar-refractivity contribution >= 4 is 23.1 Å². The van der Waals surface area contributed by atoms with E-state index in [1.807, 2.05) is 24.3 Å². The van der Waals surface area contributed by atoms with Gasteiger partial charge in [0.05, 0.1) is 40.6 Å². The quantitative estimate of drug-likeness (QED) is 0.372. The Morgan fingerprint density at radius 3 is 2.55 bits per heavy atom. The topological polar surface area (TPSA) is 113 Å². The van der Waals surface area contributed by atoms with Crippen molar-refractivity contribution in [2.45, 2.75) is 6.17 Å². The monoisotopic (exact) mass is 388 g/mol. The van der Waals surface area contributed by atoms with Gasteiger partial charge in [0.25, 0.3) is 5.69 Å². The number of nitro groups is 1. The molecular weight excluding hydrogens is 372 g/mol. The van der Waals surface area contributed by atoms with Gasteiger partial charge < -0.3 is 19.8 Å². The molecule has 0 saturated carbocycles. The van der Waals surface area contributed by atoms with Crippen molar-refractivity contribution in [3.05, 3.63) is 76.0 Å². The Balaban J connectivity index is 1.63. The second kappa shape index (κ2) is 7.40. The molecule has 0 unspecified atom stereocenters. The van der Waals surface area contributed by atoms with E-state index < -0.39 is 4.92 Å². The minimum atomic E-state index is -0.477. The summed E-state index contributed by atoms with van der Waals surface area (Å²) in [7, 11) is 1.48. The summed E-state index contributed by atoms with van der Waals surface area (Å²) in [5, 5.41) is 27.2. The van der Waals surface area contributed by atoms with Gasteiger partial charge in [0.15, 0.2) is 0 Å². The third-order valence-electron chi connectivity index (χ3n) is 4.55. The predicted molar refractivity (Wildman–Crippen MR) is 108 cm³/mol. The molecule has 2 aromatic carbocycles. The van der Waals surface area contributed by atoms with Gasteiger partial charge in [-0.1, -0.05) is 12.1 Å². The van der Waals surface area contributed by atoms with Crippen molar-refractivity contribution in [2.75, 3.05) is 17.7 Å². The van der Waals surface area contributed by atoms with Gasteiger partial charge in [-0.25, -0.2) is 0 Å². The molecule has 3 aromatic rings. The van der Waals surface area contributed by atoms with Gasteiger partial charge in [-0.15, -0.1) is 0 Å². The predicted octanol–water partition coefficient (Wildman–Crippen LogP) is 4.63. The van der Waals surface area contributed by atoms with Crippen molar-refractivity contribution in [3.8, 4) is 23.1 Å². The van der Waals surface area contributed by atoms with Crippen LogP contribution in [0.3, 0.4) is 0 Å². The van der Waals surface area contributed by atoms with E-state index >= 15 is 0 Å². The van der Waals surface area contributed by atoms with E-state index in [-0.39, 0.29) is 11.9 Å². The highest BCUT2D eigenvalue weighted by molar-refractivity contribution is 5.78. The number of ether oxygens (including phenoxy) is 1. The summed E-state index contributed by atoms with van der Waals surface area (Å²) in [4.78, 5) is 10.6.